The van der Waals surface area contributed by atoms with E-state index in [1.165, 1.54) is 75.3 Å². The van der Waals surface area contributed by atoms with Gasteiger partial charge in [0.1, 0.15) is 0 Å². The molecule has 1 aliphatic rings. The summed E-state index contributed by atoms with van der Waals surface area (Å²) in [5, 5.41) is 0. The number of rotatable bonds is 9. The average molecular weight is 488 g/mol. The molecule has 0 aromatic heterocycles. The van der Waals surface area contributed by atoms with Crippen LogP contribution in [0.25, 0.3) is 11.1 Å². The molecule has 0 unspecified atom stereocenters. The maximum absolute atomic E-state index is 2.45. The van der Waals surface area contributed by atoms with E-state index < -0.39 is 0 Å². The fraction of sp³-hybridized carbons (Fsp3) is 0.333. The Labute approximate surface area is 224 Å². The van der Waals surface area contributed by atoms with E-state index in [1.807, 2.05) is 0 Å². The van der Waals surface area contributed by atoms with Crippen molar-refractivity contribution >= 4 is 17.1 Å². The van der Waals surface area contributed by atoms with Crippen molar-refractivity contribution in [3.05, 3.63) is 113 Å². The van der Waals surface area contributed by atoms with Gasteiger partial charge in [0.2, 0.25) is 0 Å². The first-order chi connectivity index (χ1) is 18.0. The first-order valence-corrected chi connectivity index (χ1v) is 14.2. The van der Waals surface area contributed by atoms with Gasteiger partial charge >= 0.3 is 0 Å². The van der Waals surface area contributed by atoms with Crippen LogP contribution in [0.4, 0.5) is 17.1 Å². The quantitative estimate of drug-likeness (QED) is 0.227. The normalized spacial score (nSPS) is 13.3. The average Bonchev–Trinajstić information content (AvgIpc) is 3.13. The number of hydrogen-bond donors (Lipinski definition) is 0. The summed E-state index contributed by atoms with van der Waals surface area (Å²) >= 11 is 0. The van der Waals surface area contributed by atoms with Crippen molar-refractivity contribution in [2.45, 2.75) is 78.6 Å². The lowest BCUT2D eigenvalue weighted by molar-refractivity contribution is 0.659. The third-order valence-corrected chi connectivity index (χ3v) is 7.99. The molecule has 0 saturated carbocycles. The Morgan fingerprint density at radius 2 is 0.892 bits per heavy atom. The highest BCUT2D eigenvalue weighted by atomic mass is 15.1. The van der Waals surface area contributed by atoms with Gasteiger partial charge < -0.3 is 4.90 Å². The largest absolute Gasteiger partial charge is 0.310 e. The van der Waals surface area contributed by atoms with Crippen LogP contribution in [0, 0.1) is 0 Å². The van der Waals surface area contributed by atoms with Crippen LogP contribution in [0.1, 0.15) is 81.7 Å². The number of anilines is 3. The van der Waals surface area contributed by atoms with Crippen molar-refractivity contribution in [2.75, 3.05) is 4.90 Å². The van der Waals surface area contributed by atoms with Gasteiger partial charge in [-0.2, -0.15) is 0 Å². The van der Waals surface area contributed by atoms with Gasteiger partial charge in [0.25, 0.3) is 0 Å². The predicted octanol–water partition coefficient (Wildman–Crippen LogP) is 10.3. The summed E-state index contributed by atoms with van der Waals surface area (Å²) in [5.41, 5.74) is 13.5. The third kappa shape index (κ3) is 4.85. The smallest absolute Gasteiger partial charge is 0.0465 e. The lowest BCUT2D eigenvalue weighted by Crippen LogP contribution is -2.17. The fourth-order valence-corrected chi connectivity index (χ4v) is 6.00. The molecule has 4 aromatic rings. The number of nitrogens with zero attached hydrogens (tertiary/aromatic N) is 1. The first-order valence-electron chi connectivity index (χ1n) is 14.2. The van der Waals surface area contributed by atoms with Gasteiger partial charge in [-0.25, -0.2) is 0 Å². The maximum Gasteiger partial charge on any atom is 0.0465 e. The molecule has 0 saturated heterocycles. The second kappa shape index (κ2) is 10.6. The molecular formula is C36H41N. The van der Waals surface area contributed by atoms with E-state index in [-0.39, 0.29) is 5.41 Å². The number of hydrogen-bond acceptors (Lipinski definition) is 1. The summed E-state index contributed by atoms with van der Waals surface area (Å²) < 4.78 is 0. The third-order valence-electron chi connectivity index (χ3n) is 7.99. The minimum atomic E-state index is -0.0218. The molecule has 0 radical (unpaired) electrons. The molecule has 37 heavy (non-hydrogen) atoms. The van der Waals surface area contributed by atoms with Crippen molar-refractivity contribution in [3.8, 4) is 11.1 Å². The number of benzene rings is 4. The van der Waals surface area contributed by atoms with E-state index in [0.717, 1.165) is 19.3 Å². The first kappa shape index (κ1) is 25.3. The molecule has 0 fully saturated rings. The topological polar surface area (TPSA) is 3.24 Å². The van der Waals surface area contributed by atoms with Crippen LogP contribution in [-0.4, -0.2) is 0 Å². The zero-order chi connectivity index (χ0) is 26.0. The molecule has 4 aromatic carbocycles. The fourth-order valence-electron chi connectivity index (χ4n) is 6.00. The van der Waals surface area contributed by atoms with E-state index in [4.69, 9.17) is 0 Å². The molecule has 190 valence electrons. The Balaban J connectivity index is 1.60. The van der Waals surface area contributed by atoms with Crippen LogP contribution in [0.15, 0.2) is 84.9 Å². The second-order valence-electron chi connectivity index (χ2n) is 11.2. The Kier molecular flexibility index (Phi) is 7.24. The number of aryl methyl sites for hydroxylation is 3. The molecule has 0 aliphatic heterocycles. The van der Waals surface area contributed by atoms with Gasteiger partial charge in [-0.1, -0.05) is 102 Å². The summed E-state index contributed by atoms with van der Waals surface area (Å²) in [5.74, 6) is 0. The monoisotopic (exact) mass is 487 g/mol. The molecule has 0 heterocycles. The maximum atomic E-state index is 2.45. The highest BCUT2D eigenvalue weighted by Crippen LogP contribution is 2.51. The molecule has 0 amide bonds. The van der Waals surface area contributed by atoms with Crippen molar-refractivity contribution in [3.63, 3.8) is 0 Å². The molecule has 0 atom stereocenters. The Bertz CT molecular complexity index is 1310. The van der Waals surface area contributed by atoms with Gasteiger partial charge in [0.15, 0.2) is 0 Å². The molecule has 1 nitrogen and oxygen atoms in total. The Morgan fingerprint density at radius 1 is 0.486 bits per heavy atom. The molecule has 1 aliphatic carbocycles. The van der Waals surface area contributed by atoms with Crippen LogP contribution in [0.3, 0.4) is 0 Å². The minimum Gasteiger partial charge on any atom is -0.310 e. The summed E-state index contributed by atoms with van der Waals surface area (Å²) in [7, 11) is 0. The van der Waals surface area contributed by atoms with Crippen LogP contribution in [0.5, 0.6) is 0 Å². The van der Waals surface area contributed by atoms with Crippen LogP contribution >= 0.6 is 0 Å². The zero-order valence-electron chi connectivity index (χ0n) is 23.3. The Hall–Kier alpha value is -3.32. The lowest BCUT2D eigenvalue weighted by atomic mass is 9.81. The van der Waals surface area contributed by atoms with Gasteiger partial charge in [-0.15, -0.1) is 0 Å². The predicted molar refractivity (Wildman–Crippen MR) is 161 cm³/mol. The van der Waals surface area contributed by atoms with E-state index in [9.17, 15) is 0 Å². The van der Waals surface area contributed by atoms with Gasteiger partial charge in [0.05, 0.1) is 0 Å². The summed E-state index contributed by atoms with van der Waals surface area (Å²) in [6.07, 6.45) is 6.90. The van der Waals surface area contributed by atoms with Gasteiger partial charge in [0, 0.05) is 22.5 Å². The van der Waals surface area contributed by atoms with E-state index in [1.54, 1.807) is 0 Å². The molecule has 0 bridgehead atoms. The second-order valence-corrected chi connectivity index (χ2v) is 11.2. The molecule has 5 rings (SSSR count). The highest BCUT2D eigenvalue weighted by Gasteiger charge is 2.36. The molecule has 1 heteroatoms. The lowest BCUT2D eigenvalue weighted by Gasteiger charge is -2.28. The summed E-state index contributed by atoms with van der Waals surface area (Å²) in [4.78, 5) is 2.42. The standard InChI is InChI=1S/C36H41N/c1-6-9-26-12-17-29(18-13-26)37(30-19-14-27(10-7-2)15-20-30)31-21-23-33-32-22-16-28(11-8-3)24-34(32)36(4,5)35(33)25-31/h12-25H,6-11H2,1-5H3. The van der Waals surface area contributed by atoms with E-state index >= 15 is 0 Å². The van der Waals surface area contributed by atoms with Crippen molar-refractivity contribution in [2.24, 2.45) is 0 Å². The summed E-state index contributed by atoms with van der Waals surface area (Å²) in [6.45, 7) is 11.5. The van der Waals surface area contributed by atoms with Crippen LogP contribution in [-0.2, 0) is 24.7 Å². The van der Waals surface area contributed by atoms with Crippen molar-refractivity contribution < 1.29 is 0 Å². The molecule has 0 spiro atoms. The zero-order valence-corrected chi connectivity index (χ0v) is 23.3. The van der Waals surface area contributed by atoms with Crippen molar-refractivity contribution in [1.82, 2.24) is 0 Å². The minimum absolute atomic E-state index is 0.0218. The van der Waals surface area contributed by atoms with E-state index in [0.29, 0.717) is 0 Å². The van der Waals surface area contributed by atoms with Crippen molar-refractivity contribution in [1.29, 1.82) is 0 Å². The van der Waals surface area contributed by atoms with E-state index in [2.05, 4.69) is 124 Å². The van der Waals surface area contributed by atoms with Gasteiger partial charge in [-0.3, -0.25) is 0 Å². The SMILES string of the molecule is CCCc1ccc(N(c2ccc(CCC)cc2)c2ccc3c(c2)C(C)(C)c2cc(CCC)ccc2-3)cc1. The Morgan fingerprint density at radius 3 is 1.41 bits per heavy atom. The summed E-state index contributed by atoms with van der Waals surface area (Å²) in [6, 6.07) is 32.5. The molecular weight excluding hydrogens is 446 g/mol. The van der Waals surface area contributed by atoms with Crippen LogP contribution in [0.2, 0.25) is 0 Å². The van der Waals surface area contributed by atoms with Gasteiger partial charge in [-0.05, 0) is 94.6 Å². The number of fused-ring (bicyclic) bond motifs is 3. The highest BCUT2D eigenvalue weighted by molar-refractivity contribution is 5.85. The molecule has 0 N–H and O–H groups in total. The van der Waals surface area contributed by atoms with Crippen LogP contribution < -0.4 is 4.90 Å².